The summed E-state index contributed by atoms with van der Waals surface area (Å²) < 4.78 is 1.54. The van der Waals surface area contributed by atoms with Crippen LogP contribution < -0.4 is 10.9 Å². The fraction of sp³-hybridized carbons (Fsp3) is 0.111. The summed E-state index contributed by atoms with van der Waals surface area (Å²) in [6, 6.07) is 9.65. The zero-order chi connectivity index (χ0) is 19.0. The largest absolute Gasteiger partial charge is 0.478 e. The third-order valence-corrected chi connectivity index (χ3v) is 5.48. The van der Waals surface area contributed by atoms with Crippen molar-refractivity contribution >= 4 is 29.5 Å². The molecular weight excluding hydrogens is 368 g/mol. The molecule has 3 heterocycles. The molecule has 1 aromatic carbocycles. The molecule has 0 radical (unpaired) electrons. The number of hydrogen-bond donors (Lipinski definition) is 3. The van der Waals surface area contributed by atoms with Crippen LogP contribution in [0, 0.1) is 0 Å². The Morgan fingerprint density at radius 1 is 1.19 bits per heavy atom. The van der Waals surface area contributed by atoms with E-state index in [0.29, 0.717) is 22.6 Å². The van der Waals surface area contributed by atoms with Crippen molar-refractivity contribution in [2.45, 2.75) is 5.25 Å². The highest BCUT2D eigenvalue weighted by molar-refractivity contribution is 8.00. The zero-order valence-electron chi connectivity index (χ0n) is 13.9. The molecule has 3 N–H and O–H groups in total. The molecule has 1 atom stereocenters. The van der Waals surface area contributed by atoms with Crippen LogP contribution in [-0.4, -0.2) is 37.5 Å². The summed E-state index contributed by atoms with van der Waals surface area (Å²) in [6.45, 7) is 0. The van der Waals surface area contributed by atoms with Gasteiger partial charge in [-0.2, -0.15) is 5.10 Å². The maximum Gasteiger partial charge on any atom is 0.335 e. The van der Waals surface area contributed by atoms with E-state index in [4.69, 9.17) is 5.11 Å². The van der Waals surface area contributed by atoms with Crippen LogP contribution in [0.5, 0.6) is 0 Å². The van der Waals surface area contributed by atoms with Crippen molar-refractivity contribution in [3.8, 4) is 5.69 Å². The Kier molecular flexibility index (Phi) is 4.28. The van der Waals surface area contributed by atoms with Crippen LogP contribution in [0.2, 0.25) is 0 Å². The lowest BCUT2D eigenvalue weighted by atomic mass is 10.1. The number of rotatable bonds is 3. The summed E-state index contributed by atoms with van der Waals surface area (Å²) in [7, 11) is 0. The molecule has 0 saturated carbocycles. The van der Waals surface area contributed by atoms with Gasteiger partial charge in [0.1, 0.15) is 5.82 Å². The number of aromatic amines is 1. The summed E-state index contributed by atoms with van der Waals surface area (Å²) in [5.74, 6) is -0.540. The predicted octanol–water partition coefficient (Wildman–Crippen LogP) is 2.03. The maximum absolute atomic E-state index is 12.2. The Morgan fingerprint density at radius 2 is 1.96 bits per heavy atom. The molecule has 0 bridgehead atoms. The number of anilines is 1. The number of amides is 1. The van der Waals surface area contributed by atoms with E-state index >= 15 is 0 Å². The second-order valence-electron chi connectivity index (χ2n) is 5.91. The predicted molar refractivity (Wildman–Crippen MR) is 101 cm³/mol. The average Bonchev–Trinajstić information content (AvgIpc) is 2.99. The molecule has 2 aromatic heterocycles. The molecule has 8 nitrogen and oxygen atoms in total. The van der Waals surface area contributed by atoms with Crippen LogP contribution in [0.25, 0.3) is 5.69 Å². The van der Waals surface area contributed by atoms with Gasteiger partial charge in [0.15, 0.2) is 0 Å². The number of hydrogen-bond acceptors (Lipinski definition) is 5. The third-order valence-electron chi connectivity index (χ3n) is 4.21. The quantitative estimate of drug-likeness (QED) is 0.638. The van der Waals surface area contributed by atoms with Gasteiger partial charge in [0.2, 0.25) is 5.91 Å². The number of nitrogens with one attached hydrogen (secondary N) is 2. The Bertz CT molecular complexity index is 1090. The molecule has 3 aromatic rings. The number of H-pyrrole nitrogens is 1. The number of carbonyl (C=O) groups excluding carboxylic acids is 1. The molecule has 0 unspecified atom stereocenters. The van der Waals surface area contributed by atoms with Crippen LogP contribution in [0.3, 0.4) is 0 Å². The Morgan fingerprint density at radius 3 is 2.67 bits per heavy atom. The molecule has 0 fully saturated rings. The van der Waals surface area contributed by atoms with Gasteiger partial charge < -0.3 is 15.4 Å². The molecule has 0 saturated heterocycles. The number of nitrogens with zero attached hydrogens (tertiary/aromatic N) is 2. The number of carboxylic acid groups (broad SMARTS) is 1. The van der Waals surface area contributed by atoms with E-state index < -0.39 is 5.97 Å². The second-order valence-corrected chi connectivity index (χ2v) is 7.00. The standard InChI is InChI=1S/C18H14N4O4S/c23-14-9-27-15(12-2-1-7-19-17(12)24)13-8-20-22(16(13)21-14)11-5-3-10(4-6-11)18(25)26/h1-8,15H,9H2,(H,19,24)(H,21,23)(H,25,26)/t15-/m1/s1. The monoisotopic (exact) mass is 382 g/mol. The van der Waals surface area contributed by atoms with Crippen LogP contribution in [0.1, 0.15) is 26.7 Å². The molecule has 9 heteroatoms. The Labute approximate surface area is 157 Å². The van der Waals surface area contributed by atoms with E-state index in [1.54, 1.807) is 36.7 Å². The van der Waals surface area contributed by atoms with Gasteiger partial charge in [-0.1, -0.05) is 6.07 Å². The van der Waals surface area contributed by atoms with Crippen molar-refractivity contribution in [3.05, 3.63) is 75.8 Å². The minimum atomic E-state index is -1.02. The number of aromatic carboxylic acids is 1. The highest BCUT2D eigenvalue weighted by Crippen LogP contribution is 2.40. The fourth-order valence-electron chi connectivity index (χ4n) is 2.93. The molecule has 1 amide bonds. The molecule has 0 aliphatic carbocycles. The molecule has 1 aliphatic rings. The molecule has 27 heavy (non-hydrogen) atoms. The van der Waals surface area contributed by atoms with Crippen molar-refractivity contribution in [2.24, 2.45) is 0 Å². The molecular formula is C18H14N4O4S. The first-order valence-electron chi connectivity index (χ1n) is 8.05. The van der Waals surface area contributed by atoms with E-state index in [1.165, 1.54) is 28.6 Å². The van der Waals surface area contributed by atoms with Crippen LogP contribution in [0.15, 0.2) is 53.6 Å². The van der Waals surface area contributed by atoms with Gasteiger partial charge in [0, 0.05) is 17.3 Å². The van der Waals surface area contributed by atoms with Crippen LogP contribution in [0.4, 0.5) is 5.82 Å². The minimum absolute atomic E-state index is 0.158. The van der Waals surface area contributed by atoms with Gasteiger partial charge in [-0.15, -0.1) is 11.8 Å². The number of pyridine rings is 1. The normalized spacial score (nSPS) is 16.3. The topological polar surface area (TPSA) is 117 Å². The van der Waals surface area contributed by atoms with Crippen LogP contribution in [-0.2, 0) is 4.79 Å². The van der Waals surface area contributed by atoms with Crippen molar-refractivity contribution in [1.82, 2.24) is 14.8 Å². The van der Waals surface area contributed by atoms with Crippen molar-refractivity contribution in [1.29, 1.82) is 0 Å². The molecule has 0 spiro atoms. The van der Waals surface area contributed by atoms with Crippen molar-refractivity contribution < 1.29 is 14.7 Å². The Hall–Kier alpha value is -3.33. The first kappa shape index (κ1) is 17.1. The zero-order valence-corrected chi connectivity index (χ0v) is 14.7. The van der Waals surface area contributed by atoms with Crippen molar-refractivity contribution in [3.63, 3.8) is 0 Å². The van der Waals surface area contributed by atoms with Gasteiger partial charge >= 0.3 is 5.97 Å². The minimum Gasteiger partial charge on any atom is -0.478 e. The summed E-state index contributed by atoms with van der Waals surface area (Å²) in [5, 5.41) is 15.9. The van der Waals surface area contributed by atoms with Gasteiger partial charge in [0.25, 0.3) is 5.56 Å². The molecule has 4 rings (SSSR count). The SMILES string of the molecule is O=C1CS[C@H](c2ccc[nH]c2=O)c2cnn(-c3ccc(C(=O)O)cc3)c2N1. The fourth-order valence-corrected chi connectivity index (χ4v) is 4.04. The van der Waals surface area contributed by atoms with E-state index in [1.807, 2.05) is 0 Å². The lowest BCUT2D eigenvalue weighted by Crippen LogP contribution is -2.15. The van der Waals surface area contributed by atoms with E-state index in [2.05, 4.69) is 15.4 Å². The Balaban J connectivity index is 1.82. The maximum atomic E-state index is 12.2. The summed E-state index contributed by atoms with van der Waals surface area (Å²) >= 11 is 1.35. The number of benzene rings is 1. The average molecular weight is 382 g/mol. The lowest BCUT2D eigenvalue weighted by Gasteiger charge is -2.13. The van der Waals surface area contributed by atoms with Crippen molar-refractivity contribution in [2.75, 3.05) is 11.1 Å². The number of thioether (sulfide) groups is 1. The smallest absolute Gasteiger partial charge is 0.335 e. The number of fused-ring (bicyclic) bond motifs is 1. The van der Waals surface area contributed by atoms with E-state index in [9.17, 15) is 14.4 Å². The van der Waals surface area contributed by atoms with Gasteiger partial charge in [-0.25, -0.2) is 9.48 Å². The summed E-state index contributed by atoms with van der Waals surface area (Å²) in [4.78, 5) is 38.1. The van der Waals surface area contributed by atoms with E-state index in [-0.39, 0.29) is 28.0 Å². The summed E-state index contributed by atoms with van der Waals surface area (Å²) in [5.41, 5.74) is 1.80. The number of carbonyl (C=O) groups is 2. The van der Waals surface area contributed by atoms with E-state index in [0.717, 1.165) is 0 Å². The van der Waals surface area contributed by atoms with Crippen LogP contribution >= 0.6 is 11.8 Å². The van der Waals surface area contributed by atoms with Gasteiger partial charge in [-0.3, -0.25) is 9.59 Å². The first-order valence-corrected chi connectivity index (χ1v) is 9.10. The van der Waals surface area contributed by atoms with Gasteiger partial charge in [0.05, 0.1) is 28.5 Å². The highest BCUT2D eigenvalue weighted by Gasteiger charge is 2.29. The molecule has 136 valence electrons. The molecule has 1 aliphatic heterocycles. The number of carboxylic acids is 1. The summed E-state index contributed by atoms with van der Waals surface area (Å²) in [6.07, 6.45) is 3.18. The highest BCUT2D eigenvalue weighted by atomic mass is 32.2. The second kappa shape index (κ2) is 6.76. The van der Waals surface area contributed by atoms with Gasteiger partial charge in [-0.05, 0) is 30.3 Å². The number of aromatic nitrogens is 3. The lowest BCUT2D eigenvalue weighted by molar-refractivity contribution is -0.113. The third kappa shape index (κ3) is 3.13. The first-order chi connectivity index (χ1) is 13.0.